The first-order valence-electron chi connectivity index (χ1n) is 13.7. The smallest absolute Gasteiger partial charge is 0.359 e. The van der Waals surface area contributed by atoms with Crippen molar-refractivity contribution in [3.05, 3.63) is 101 Å². The molecule has 0 radical (unpaired) electrons. The molecule has 41 heavy (non-hydrogen) atoms. The predicted octanol–water partition coefficient (Wildman–Crippen LogP) is 5.66. The monoisotopic (exact) mass is 552 g/mol. The number of rotatable bonds is 11. The number of fused-ring (bicyclic) bond motifs is 1. The lowest BCUT2D eigenvalue weighted by molar-refractivity contribution is 0.0495. The largest absolute Gasteiger partial charge is 0.495 e. The van der Waals surface area contributed by atoms with E-state index in [9.17, 15) is 9.59 Å². The lowest BCUT2D eigenvalue weighted by atomic mass is 10.2. The molecule has 210 valence electrons. The number of hydrogen-bond donors (Lipinski definition) is 0. The molecule has 0 saturated heterocycles. The Kier molecular flexibility index (Phi) is 8.43. The zero-order valence-electron chi connectivity index (χ0n) is 23.4. The van der Waals surface area contributed by atoms with Crippen molar-refractivity contribution in [2.45, 2.75) is 33.2 Å². The molecule has 0 unspecified atom stereocenters. The van der Waals surface area contributed by atoms with Crippen LogP contribution in [0.1, 0.15) is 42.7 Å². The van der Waals surface area contributed by atoms with Crippen LogP contribution in [0.5, 0.6) is 11.5 Å². The van der Waals surface area contributed by atoms with Crippen molar-refractivity contribution < 1.29 is 19.0 Å². The Balaban J connectivity index is 1.81. The van der Waals surface area contributed by atoms with Crippen molar-refractivity contribution in [2.24, 2.45) is 0 Å². The number of methoxy groups -OCH3 is 1. The fourth-order valence-corrected chi connectivity index (χ4v) is 4.61. The number of ether oxygens (including phenoxy) is 3. The van der Waals surface area contributed by atoms with Gasteiger partial charge >= 0.3 is 11.7 Å². The number of imidazole rings is 1. The lowest BCUT2D eigenvalue weighted by Gasteiger charge is -2.11. The molecular weight excluding hydrogens is 520 g/mol. The van der Waals surface area contributed by atoms with Crippen LogP contribution in [0.3, 0.4) is 0 Å². The predicted molar refractivity (Wildman–Crippen MR) is 157 cm³/mol. The summed E-state index contributed by atoms with van der Waals surface area (Å²) < 4.78 is 19.8. The maximum atomic E-state index is 14.2. The van der Waals surface area contributed by atoms with Gasteiger partial charge in [-0.05, 0) is 55.3 Å². The van der Waals surface area contributed by atoms with E-state index in [0.717, 1.165) is 12.0 Å². The minimum atomic E-state index is -0.614. The first-order chi connectivity index (χ1) is 20.0. The van der Waals surface area contributed by atoms with Gasteiger partial charge in [0, 0.05) is 5.56 Å². The summed E-state index contributed by atoms with van der Waals surface area (Å²) in [5, 5.41) is 0. The van der Waals surface area contributed by atoms with E-state index in [0.29, 0.717) is 41.3 Å². The van der Waals surface area contributed by atoms with Gasteiger partial charge in [-0.15, -0.1) is 0 Å². The van der Waals surface area contributed by atoms with Crippen molar-refractivity contribution in [2.75, 3.05) is 20.3 Å². The van der Waals surface area contributed by atoms with Crippen molar-refractivity contribution in [1.29, 1.82) is 0 Å². The molecule has 0 saturated carbocycles. The molecule has 0 aliphatic rings. The summed E-state index contributed by atoms with van der Waals surface area (Å²) >= 11 is 0. The Bertz CT molecular complexity index is 1710. The standard InChI is InChI=1S/C32H32N4O5/c1-4-6-20-41-31(37)27-28-30(34-29(33-27)23-16-18-24(19-17-23)40-5-2)36(25-14-10-11-15-26(25)39-3)32(38)35(28)21-22-12-8-7-9-13-22/h7-19H,4-6,20-21H2,1-3H3. The first-order valence-corrected chi connectivity index (χ1v) is 13.7. The lowest BCUT2D eigenvalue weighted by Crippen LogP contribution is -2.24. The highest BCUT2D eigenvalue weighted by Gasteiger charge is 2.27. The third kappa shape index (κ3) is 5.70. The summed E-state index contributed by atoms with van der Waals surface area (Å²) in [6.07, 6.45) is 1.58. The maximum absolute atomic E-state index is 14.2. The zero-order chi connectivity index (χ0) is 28.8. The molecular formula is C32H32N4O5. The number of carbonyl (C=O) groups is 1. The Labute approximate surface area is 238 Å². The first kappa shape index (κ1) is 27.6. The molecule has 5 rings (SSSR count). The third-order valence-electron chi connectivity index (χ3n) is 6.63. The molecule has 2 heterocycles. The molecule has 0 N–H and O–H groups in total. The van der Waals surface area contributed by atoms with Gasteiger partial charge in [0.2, 0.25) is 0 Å². The molecule has 0 atom stereocenters. The number of carbonyl (C=O) groups excluding carboxylic acids is 1. The number of unbranched alkanes of at least 4 members (excludes halogenated alkanes) is 1. The van der Waals surface area contributed by atoms with E-state index < -0.39 is 5.97 Å². The molecule has 5 aromatic rings. The quantitative estimate of drug-likeness (QED) is 0.154. The highest BCUT2D eigenvalue weighted by atomic mass is 16.5. The van der Waals surface area contributed by atoms with Crippen LogP contribution < -0.4 is 15.2 Å². The van der Waals surface area contributed by atoms with E-state index >= 15 is 0 Å². The topological polar surface area (TPSA) is 97.5 Å². The van der Waals surface area contributed by atoms with Gasteiger partial charge in [-0.25, -0.2) is 24.1 Å². The van der Waals surface area contributed by atoms with Crippen LogP contribution in [0.4, 0.5) is 0 Å². The van der Waals surface area contributed by atoms with Gasteiger partial charge in [0.25, 0.3) is 0 Å². The Hall–Kier alpha value is -4.92. The SMILES string of the molecule is CCCCOC(=O)c1nc(-c2ccc(OCC)cc2)nc2c1n(Cc1ccccc1)c(=O)n2-c1ccccc1OC. The van der Waals surface area contributed by atoms with Gasteiger partial charge in [0.15, 0.2) is 17.2 Å². The van der Waals surface area contributed by atoms with Gasteiger partial charge < -0.3 is 14.2 Å². The molecule has 0 spiro atoms. The summed E-state index contributed by atoms with van der Waals surface area (Å²) in [5.74, 6) is 0.860. The number of benzene rings is 3. The summed E-state index contributed by atoms with van der Waals surface area (Å²) in [4.78, 5) is 37.3. The van der Waals surface area contributed by atoms with Crippen molar-refractivity contribution in [3.8, 4) is 28.6 Å². The number of hydrogen-bond acceptors (Lipinski definition) is 7. The van der Waals surface area contributed by atoms with Gasteiger partial charge in [-0.1, -0.05) is 55.8 Å². The summed E-state index contributed by atoms with van der Waals surface area (Å²) in [7, 11) is 1.55. The average Bonchev–Trinajstić information content (AvgIpc) is 3.28. The fraction of sp³-hybridized carbons (Fsp3) is 0.250. The molecule has 0 aliphatic heterocycles. The highest BCUT2D eigenvalue weighted by Crippen LogP contribution is 2.29. The van der Waals surface area contributed by atoms with Crippen LogP contribution in [0.25, 0.3) is 28.2 Å². The highest BCUT2D eigenvalue weighted by molar-refractivity contribution is 6.00. The summed E-state index contributed by atoms with van der Waals surface area (Å²) in [6, 6.07) is 24.1. The molecule has 2 aromatic heterocycles. The van der Waals surface area contributed by atoms with Crippen LogP contribution in [0, 0.1) is 0 Å². The van der Waals surface area contributed by atoms with E-state index in [-0.39, 0.29) is 36.0 Å². The Morgan fingerprint density at radius 1 is 0.902 bits per heavy atom. The molecule has 0 aliphatic carbocycles. The zero-order valence-corrected chi connectivity index (χ0v) is 23.4. The van der Waals surface area contributed by atoms with Crippen LogP contribution >= 0.6 is 0 Å². The molecule has 9 heteroatoms. The van der Waals surface area contributed by atoms with E-state index in [1.54, 1.807) is 19.2 Å². The van der Waals surface area contributed by atoms with Crippen LogP contribution in [0.2, 0.25) is 0 Å². The molecule has 3 aromatic carbocycles. The number of para-hydroxylation sites is 2. The third-order valence-corrected chi connectivity index (χ3v) is 6.63. The number of nitrogens with zero attached hydrogens (tertiary/aromatic N) is 4. The normalized spacial score (nSPS) is 11.0. The van der Waals surface area contributed by atoms with Crippen LogP contribution in [-0.2, 0) is 11.3 Å². The van der Waals surface area contributed by atoms with Gasteiger partial charge in [0.05, 0.1) is 32.6 Å². The second kappa shape index (κ2) is 12.5. The van der Waals surface area contributed by atoms with Crippen molar-refractivity contribution in [3.63, 3.8) is 0 Å². The fourth-order valence-electron chi connectivity index (χ4n) is 4.61. The van der Waals surface area contributed by atoms with E-state index in [2.05, 4.69) is 4.98 Å². The molecule has 0 fully saturated rings. The minimum Gasteiger partial charge on any atom is -0.495 e. The van der Waals surface area contributed by atoms with Crippen molar-refractivity contribution in [1.82, 2.24) is 19.1 Å². The number of aromatic nitrogens is 4. The molecule has 0 amide bonds. The molecule has 9 nitrogen and oxygen atoms in total. The second-order valence-corrected chi connectivity index (χ2v) is 9.38. The number of esters is 1. The Morgan fingerprint density at radius 2 is 1.63 bits per heavy atom. The van der Waals surface area contributed by atoms with Crippen LogP contribution in [0.15, 0.2) is 83.7 Å². The van der Waals surface area contributed by atoms with Gasteiger partial charge in [0.1, 0.15) is 17.0 Å². The summed E-state index contributed by atoms with van der Waals surface area (Å²) in [6.45, 7) is 4.93. The van der Waals surface area contributed by atoms with E-state index in [4.69, 9.17) is 19.2 Å². The maximum Gasteiger partial charge on any atom is 0.359 e. The summed E-state index contributed by atoms with van der Waals surface area (Å²) in [5.41, 5.74) is 2.25. The minimum absolute atomic E-state index is 0.0247. The van der Waals surface area contributed by atoms with Gasteiger partial charge in [-0.3, -0.25) is 4.57 Å². The van der Waals surface area contributed by atoms with Crippen LogP contribution in [-0.4, -0.2) is 45.4 Å². The second-order valence-electron chi connectivity index (χ2n) is 9.38. The Morgan fingerprint density at radius 3 is 2.34 bits per heavy atom. The van der Waals surface area contributed by atoms with E-state index in [1.807, 2.05) is 80.6 Å². The molecule has 0 bridgehead atoms. The van der Waals surface area contributed by atoms with E-state index in [1.165, 1.54) is 9.13 Å². The average molecular weight is 553 g/mol. The van der Waals surface area contributed by atoms with Gasteiger partial charge in [-0.2, -0.15) is 0 Å². The van der Waals surface area contributed by atoms with Crippen molar-refractivity contribution >= 4 is 17.1 Å².